The summed E-state index contributed by atoms with van der Waals surface area (Å²) in [5, 5.41) is 3.17. The van der Waals surface area contributed by atoms with Crippen molar-refractivity contribution in [2.24, 2.45) is 0 Å². The fourth-order valence-corrected chi connectivity index (χ4v) is 3.05. The minimum atomic E-state index is -4.37. The molecule has 124 valence electrons. The van der Waals surface area contributed by atoms with Crippen LogP contribution in [0, 0.1) is 0 Å². The summed E-state index contributed by atoms with van der Waals surface area (Å²) in [6, 6.07) is -0.0288. The van der Waals surface area contributed by atoms with Gasteiger partial charge in [0.1, 0.15) is 6.54 Å². The van der Waals surface area contributed by atoms with Crippen molar-refractivity contribution in [2.45, 2.75) is 32.0 Å². The van der Waals surface area contributed by atoms with Crippen LogP contribution in [0.3, 0.4) is 0 Å². The summed E-state index contributed by atoms with van der Waals surface area (Å²) in [5.74, 6) is 1.30. The first kappa shape index (κ1) is 18.6. The highest BCUT2D eigenvalue weighted by Gasteiger charge is 2.33. The molecule has 1 amide bonds. The molecule has 1 aliphatic rings. The average Bonchev–Trinajstić information content (AvgIpc) is 2.42. The van der Waals surface area contributed by atoms with E-state index in [0.717, 1.165) is 23.0 Å². The molecule has 1 saturated heterocycles. The standard InChI is InChI=1S/C13H23F3N2O2S/c1-2-20-6-3-5-18(10-13(14,15)16)12(19)8-11-9-21-7-4-17-11/h11,17H,2-10H2,1H3. The van der Waals surface area contributed by atoms with Crippen molar-refractivity contribution in [1.82, 2.24) is 10.2 Å². The second-order valence-electron chi connectivity index (χ2n) is 4.91. The van der Waals surface area contributed by atoms with E-state index in [1.807, 2.05) is 6.92 Å². The van der Waals surface area contributed by atoms with Gasteiger partial charge in [0.15, 0.2) is 0 Å². The molecule has 1 N–H and O–H groups in total. The number of amides is 1. The van der Waals surface area contributed by atoms with Crippen molar-refractivity contribution in [3.05, 3.63) is 0 Å². The molecule has 0 radical (unpaired) electrons. The van der Waals surface area contributed by atoms with Gasteiger partial charge in [-0.05, 0) is 13.3 Å². The van der Waals surface area contributed by atoms with E-state index in [4.69, 9.17) is 4.74 Å². The Kier molecular flexibility index (Phi) is 8.43. The number of carbonyl (C=O) groups excluding carboxylic acids is 1. The molecule has 21 heavy (non-hydrogen) atoms. The van der Waals surface area contributed by atoms with Crippen molar-refractivity contribution in [3.63, 3.8) is 0 Å². The van der Waals surface area contributed by atoms with Gasteiger partial charge in [-0.15, -0.1) is 0 Å². The molecule has 1 heterocycles. The highest BCUT2D eigenvalue weighted by Crippen LogP contribution is 2.18. The molecule has 0 bridgehead atoms. The molecule has 0 aromatic rings. The van der Waals surface area contributed by atoms with Crippen LogP contribution in [0.4, 0.5) is 13.2 Å². The Hall–Kier alpha value is -0.470. The lowest BCUT2D eigenvalue weighted by Gasteiger charge is -2.28. The van der Waals surface area contributed by atoms with Crippen LogP contribution in [0.15, 0.2) is 0 Å². The van der Waals surface area contributed by atoms with Gasteiger partial charge in [0, 0.05) is 50.3 Å². The third-order valence-electron chi connectivity index (χ3n) is 3.06. The number of nitrogens with one attached hydrogen (secondary N) is 1. The predicted molar refractivity (Wildman–Crippen MR) is 77.5 cm³/mol. The molecular weight excluding hydrogens is 305 g/mol. The Morgan fingerprint density at radius 1 is 1.48 bits per heavy atom. The van der Waals surface area contributed by atoms with Gasteiger partial charge >= 0.3 is 6.18 Å². The second-order valence-corrected chi connectivity index (χ2v) is 6.06. The fraction of sp³-hybridized carbons (Fsp3) is 0.923. The van der Waals surface area contributed by atoms with E-state index in [1.165, 1.54) is 0 Å². The molecule has 1 aliphatic heterocycles. The van der Waals surface area contributed by atoms with Gasteiger partial charge < -0.3 is 15.0 Å². The summed E-state index contributed by atoms with van der Waals surface area (Å²) in [5.41, 5.74) is 0. The topological polar surface area (TPSA) is 41.6 Å². The third kappa shape index (κ3) is 8.53. The van der Waals surface area contributed by atoms with Gasteiger partial charge in [0.25, 0.3) is 0 Å². The maximum Gasteiger partial charge on any atom is 0.406 e. The first-order chi connectivity index (χ1) is 9.92. The normalized spacial score (nSPS) is 19.5. The number of hydrogen-bond acceptors (Lipinski definition) is 4. The first-order valence-corrected chi connectivity index (χ1v) is 8.31. The van der Waals surface area contributed by atoms with E-state index in [1.54, 1.807) is 11.8 Å². The van der Waals surface area contributed by atoms with E-state index < -0.39 is 18.6 Å². The molecule has 0 saturated carbocycles. The van der Waals surface area contributed by atoms with E-state index in [9.17, 15) is 18.0 Å². The van der Waals surface area contributed by atoms with Crippen LogP contribution in [0.5, 0.6) is 0 Å². The monoisotopic (exact) mass is 328 g/mol. The van der Waals surface area contributed by atoms with E-state index in [2.05, 4.69) is 5.32 Å². The van der Waals surface area contributed by atoms with E-state index in [-0.39, 0.29) is 19.0 Å². The van der Waals surface area contributed by atoms with Crippen molar-refractivity contribution < 1.29 is 22.7 Å². The lowest BCUT2D eigenvalue weighted by Crippen LogP contribution is -2.45. The molecule has 1 atom stereocenters. The van der Waals surface area contributed by atoms with Gasteiger partial charge in [0.2, 0.25) is 5.91 Å². The highest BCUT2D eigenvalue weighted by atomic mass is 32.2. The summed E-state index contributed by atoms with van der Waals surface area (Å²) in [4.78, 5) is 13.0. The molecule has 1 unspecified atom stereocenters. The molecule has 1 rings (SSSR count). The predicted octanol–water partition coefficient (Wildman–Crippen LogP) is 1.90. The summed E-state index contributed by atoms with van der Waals surface area (Å²) in [7, 11) is 0. The van der Waals surface area contributed by atoms with Crippen molar-refractivity contribution in [3.8, 4) is 0 Å². The smallest absolute Gasteiger partial charge is 0.382 e. The molecule has 0 spiro atoms. The molecule has 1 fully saturated rings. The Morgan fingerprint density at radius 2 is 2.24 bits per heavy atom. The quantitative estimate of drug-likeness (QED) is 0.691. The SMILES string of the molecule is CCOCCCN(CC(F)(F)F)C(=O)CC1CSCCN1. The van der Waals surface area contributed by atoms with Crippen molar-refractivity contribution >= 4 is 17.7 Å². The molecule has 4 nitrogen and oxygen atoms in total. The first-order valence-electron chi connectivity index (χ1n) is 7.15. The number of halogens is 3. The van der Waals surface area contributed by atoms with Crippen LogP contribution in [-0.4, -0.2) is 67.4 Å². The van der Waals surface area contributed by atoms with Gasteiger partial charge in [-0.25, -0.2) is 0 Å². The Bertz CT molecular complexity index is 310. The number of nitrogens with zero attached hydrogens (tertiary/aromatic N) is 1. The maximum absolute atomic E-state index is 12.6. The van der Waals surface area contributed by atoms with Crippen LogP contribution in [0.25, 0.3) is 0 Å². The van der Waals surface area contributed by atoms with Gasteiger partial charge in [-0.2, -0.15) is 24.9 Å². The number of thioether (sulfide) groups is 1. The summed E-state index contributed by atoms with van der Waals surface area (Å²) < 4.78 is 42.8. The average molecular weight is 328 g/mol. The van der Waals surface area contributed by atoms with Gasteiger partial charge in [-0.1, -0.05) is 0 Å². The summed E-state index contributed by atoms with van der Waals surface area (Å²) in [6.07, 6.45) is -3.82. The lowest BCUT2D eigenvalue weighted by atomic mass is 10.2. The number of hydrogen-bond donors (Lipinski definition) is 1. The van der Waals surface area contributed by atoms with E-state index in [0.29, 0.717) is 19.6 Å². The molecular formula is C13H23F3N2O2S. The minimum absolute atomic E-state index is 0.0288. The molecule has 0 aromatic heterocycles. The molecule has 0 aromatic carbocycles. The van der Waals surface area contributed by atoms with Crippen LogP contribution in [0.2, 0.25) is 0 Å². The highest BCUT2D eigenvalue weighted by molar-refractivity contribution is 7.99. The van der Waals surface area contributed by atoms with E-state index >= 15 is 0 Å². The number of carbonyl (C=O) groups is 1. The second kappa shape index (κ2) is 9.53. The number of alkyl halides is 3. The fourth-order valence-electron chi connectivity index (χ4n) is 2.10. The zero-order chi connectivity index (χ0) is 15.7. The van der Waals surface area contributed by atoms with Gasteiger partial charge in [0.05, 0.1) is 0 Å². The van der Waals surface area contributed by atoms with Crippen LogP contribution in [0.1, 0.15) is 19.8 Å². The lowest BCUT2D eigenvalue weighted by molar-refractivity contribution is -0.161. The van der Waals surface area contributed by atoms with Crippen molar-refractivity contribution in [1.29, 1.82) is 0 Å². The summed E-state index contributed by atoms with van der Waals surface area (Å²) >= 11 is 1.72. The minimum Gasteiger partial charge on any atom is -0.382 e. The zero-order valence-electron chi connectivity index (χ0n) is 12.2. The van der Waals surface area contributed by atoms with Crippen molar-refractivity contribution in [2.75, 3.05) is 44.4 Å². The zero-order valence-corrected chi connectivity index (χ0v) is 13.1. The third-order valence-corrected chi connectivity index (χ3v) is 4.19. The van der Waals surface area contributed by atoms with Crippen LogP contribution >= 0.6 is 11.8 Å². The maximum atomic E-state index is 12.6. The summed E-state index contributed by atoms with van der Waals surface area (Å²) in [6.45, 7) is 2.42. The van der Waals surface area contributed by atoms with Crippen LogP contribution in [-0.2, 0) is 9.53 Å². The number of rotatable bonds is 8. The Morgan fingerprint density at radius 3 is 2.81 bits per heavy atom. The Labute approximate surface area is 127 Å². The molecule has 8 heteroatoms. The van der Waals surface area contributed by atoms with Gasteiger partial charge in [-0.3, -0.25) is 4.79 Å². The molecule has 0 aliphatic carbocycles. The van der Waals surface area contributed by atoms with Crippen LogP contribution < -0.4 is 5.32 Å². The largest absolute Gasteiger partial charge is 0.406 e. The number of ether oxygens (including phenoxy) is 1. The Balaban J connectivity index is 2.46.